The molecule has 1 aromatic rings. The third-order valence-electron chi connectivity index (χ3n) is 2.54. The molecule has 2 heteroatoms. The van der Waals surface area contributed by atoms with Gasteiger partial charge in [0.1, 0.15) is 6.33 Å². The summed E-state index contributed by atoms with van der Waals surface area (Å²) in [6, 6.07) is 0. The Morgan fingerprint density at radius 2 is 1.85 bits per heavy atom. The molecule has 2 nitrogen and oxygen atoms in total. The summed E-state index contributed by atoms with van der Waals surface area (Å²) in [7, 11) is 0. The molecular weight excluding hydrogens is 160 g/mol. The van der Waals surface area contributed by atoms with Gasteiger partial charge in [-0.1, -0.05) is 25.0 Å². The Labute approximate surface area is 78.7 Å². The Bertz CT molecular complexity index is 273. The fourth-order valence-electron chi connectivity index (χ4n) is 1.79. The molecule has 0 N–H and O–H groups in total. The highest BCUT2D eigenvalue weighted by atomic mass is 14.8. The average Bonchev–Trinajstić information content (AvgIpc) is 2.69. The number of nitrogens with zero attached hydrogens (tertiary/aromatic N) is 2. The summed E-state index contributed by atoms with van der Waals surface area (Å²) in [6.45, 7) is 0. The minimum atomic E-state index is 0.792. The van der Waals surface area contributed by atoms with Gasteiger partial charge in [0.05, 0.1) is 0 Å². The van der Waals surface area contributed by atoms with Gasteiger partial charge in [-0.2, -0.15) is 0 Å². The Hall–Kier alpha value is -1.18. The molecule has 68 valence electrons. The maximum atomic E-state index is 3.97. The predicted octanol–water partition coefficient (Wildman–Crippen LogP) is 2.68. The van der Waals surface area contributed by atoms with Crippen LogP contribution in [-0.2, 0) is 0 Å². The zero-order chi connectivity index (χ0) is 8.93. The van der Waals surface area contributed by atoms with Crippen molar-refractivity contribution >= 4 is 6.08 Å². The molecule has 13 heavy (non-hydrogen) atoms. The van der Waals surface area contributed by atoms with Crippen LogP contribution in [0.3, 0.4) is 0 Å². The SMILES string of the molecule is C(=C\C1CCCC1)/c1cncnc1. The van der Waals surface area contributed by atoms with Crippen molar-refractivity contribution < 1.29 is 0 Å². The van der Waals surface area contributed by atoms with E-state index in [-0.39, 0.29) is 0 Å². The Morgan fingerprint density at radius 1 is 1.15 bits per heavy atom. The van der Waals surface area contributed by atoms with Crippen molar-refractivity contribution in [1.29, 1.82) is 0 Å². The van der Waals surface area contributed by atoms with E-state index in [1.54, 1.807) is 6.33 Å². The first-order chi connectivity index (χ1) is 6.45. The standard InChI is InChI=1S/C11H14N2/c1-2-4-10(3-1)5-6-11-7-12-9-13-8-11/h5-10H,1-4H2/b6-5+. The van der Waals surface area contributed by atoms with E-state index in [1.165, 1.54) is 25.7 Å². The first-order valence-corrected chi connectivity index (χ1v) is 4.88. The monoisotopic (exact) mass is 174 g/mol. The van der Waals surface area contributed by atoms with Crippen LogP contribution in [0.5, 0.6) is 0 Å². The molecule has 0 spiro atoms. The minimum Gasteiger partial charge on any atom is -0.244 e. The molecule has 1 aromatic heterocycles. The molecule has 0 aromatic carbocycles. The van der Waals surface area contributed by atoms with Crippen LogP contribution in [0.15, 0.2) is 24.8 Å². The average molecular weight is 174 g/mol. The molecule has 0 atom stereocenters. The van der Waals surface area contributed by atoms with E-state index in [0.717, 1.165) is 11.5 Å². The molecule has 1 fully saturated rings. The van der Waals surface area contributed by atoms with E-state index >= 15 is 0 Å². The second kappa shape index (κ2) is 4.17. The summed E-state index contributed by atoms with van der Waals surface area (Å²) in [6.07, 6.45) is 15.2. The highest BCUT2D eigenvalue weighted by Crippen LogP contribution is 2.26. The smallest absolute Gasteiger partial charge is 0.115 e. The zero-order valence-corrected chi connectivity index (χ0v) is 7.69. The Balaban J connectivity index is 1.97. The van der Waals surface area contributed by atoms with Crippen LogP contribution in [-0.4, -0.2) is 9.97 Å². The Morgan fingerprint density at radius 3 is 2.54 bits per heavy atom. The van der Waals surface area contributed by atoms with Crippen molar-refractivity contribution in [3.63, 3.8) is 0 Å². The predicted molar refractivity (Wildman–Crippen MR) is 53.0 cm³/mol. The van der Waals surface area contributed by atoms with E-state index in [1.807, 2.05) is 12.4 Å². The number of hydrogen-bond acceptors (Lipinski definition) is 2. The molecule has 1 aliphatic carbocycles. The Kier molecular flexibility index (Phi) is 2.70. The summed E-state index contributed by atoms with van der Waals surface area (Å²) < 4.78 is 0. The van der Waals surface area contributed by atoms with E-state index < -0.39 is 0 Å². The third kappa shape index (κ3) is 2.38. The van der Waals surface area contributed by atoms with Gasteiger partial charge in [-0.25, -0.2) is 9.97 Å². The first kappa shape index (κ1) is 8.42. The van der Waals surface area contributed by atoms with Crippen molar-refractivity contribution in [3.8, 4) is 0 Å². The molecule has 0 bridgehead atoms. The first-order valence-electron chi connectivity index (χ1n) is 4.88. The van der Waals surface area contributed by atoms with Gasteiger partial charge in [0.15, 0.2) is 0 Å². The van der Waals surface area contributed by atoms with Crippen LogP contribution in [0.1, 0.15) is 31.2 Å². The maximum Gasteiger partial charge on any atom is 0.115 e. The number of hydrogen-bond donors (Lipinski definition) is 0. The van der Waals surface area contributed by atoms with Crippen LogP contribution >= 0.6 is 0 Å². The molecule has 1 aliphatic rings. The highest BCUT2D eigenvalue weighted by molar-refractivity contribution is 5.46. The molecular formula is C11H14N2. The van der Waals surface area contributed by atoms with Gasteiger partial charge >= 0.3 is 0 Å². The second-order valence-electron chi connectivity index (χ2n) is 3.58. The fourth-order valence-corrected chi connectivity index (χ4v) is 1.79. The number of rotatable bonds is 2. The lowest BCUT2D eigenvalue weighted by Crippen LogP contribution is -1.85. The quantitative estimate of drug-likeness (QED) is 0.689. The van der Waals surface area contributed by atoms with Crippen molar-refractivity contribution in [2.45, 2.75) is 25.7 Å². The molecule has 0 unspecified atom stereocenters. The van der Waals surface area contributed by atoms with Crippen LogP contribution in [0, 0.1) is 5.92 Å². The molecule has 0 saturated heterocycles. The zero-order valence-electron chi connectivity index (χ0n) is 7.69. The summed E-state index contributed by atoms with van der Waals surface area (Å²) in [5.74, 6) is 0.792. The maximum absolute atomic E-state index is 3.97. The van der Waals surface area contributed by atoms with Crippen LogP contribution < -0.4 is 0 Å². The van der Waals surface area contributed by atoms with Crippen LogP contribution in [0.2, 0.25) is 0 Å². The summed E-state index contributed by atoms with van der Waals surface area (Å²) in [5.41, 5.74) is 1.11. The van der Waals surface area contributed by atoms with E-state index in [2.05, 4.69) is 22.1 Å². The molecule has 0 aliphatic heterocycles. The molecule has 1 heterocycles. The lowest BCUT2D eigenvalue weighted by molar-refractivity contribution is 0.689. The highest BCUT2D eigenvalue weighted by Gasteiger charge is 2.10. The largest absolute Gasteiger partial charge is 0.244 e. The van der Waals surface area contributed by atoms with Crippen LogP contribution in [0.25, 0.3) is 6.08 Å². The molecule has 0 radical (unpaired) electrons. The van der Waals surface area contributed by atoms with Crippen molar-refractivity contribution in [3.05, 3.63) is 30.4 Å². The van der Waals surface area contributed by atoms with E-state index in [0.29, 0.717) is 0 Å². The summed E-state index contributed by atoms with van der Waals surface area (Å²) >= 11 is 0. The van der Waals surface area contributed by atoms with Gasteiger partial charge in [-0.15, -0.1) is 0 Å². The van der Waals surface area contributed by atoms with E-state index in [4.69, 9.17) is 0 Å². The lowest BCUT2D eigenvalue weighted by Gasteiger charge is -1.99. The molecule has 0 amide bonds. The number of aromatic nitrogens is 2. The minimum absolute atomic E-state index is 0.792. The van der Waals surface area contributed by atoms with Crippen molar-refractivity contribution in [1.82, 2.24) is 9.97 Å². The second-order valence-corrected chi connectivity index (χ2v) is 3.58. The summed E-state index contributed by atoms with van der Waals surface area (Å²) in [4.78, 5) is 7.94. The summed E-state index contributed by atoms with van der Waals surface area (Å²) in [5, 5.41) is 0. The van der Waals surface area contributed by atoms with Gasteiger partial charge in [0.25, 0.3) is 0 Å². The van der Waals surface area contributed by atoms with Crippen LogP contribution in [0.4, 0.5) is 0 Å². The third-order valence-corrected chi connectivity index (χ3v) is 2.54. The topological polar surface area (TPSA) is 25.8 Å². The van der Waals surface area contributed by atoms with Gasteiger partial charge in [-0.05, 0) is 18.8 Å². The van der Waals surface area contributed by atoms with Gasteiger partial charge in [0, 0.05) is 18.0 Å². The van der Waals surface area contributed by atoms with Gasteiger partial charge < -0.3 is 0 Å². The van der Waals surface area contributed by atoms with Gasteiger partial charge in [-0.3, -0.25) is 0 Å². The van der Waals surface area contributed by atoms with Crippen molar-refractivity contribution in [2.24, 2.45) is 5.92 Å². The number of allylic oxidation sites excluding steroid dienone is 1. The van der Waals surface area contributed by atoms with Crippen molar-refractivity contribution in [2.75, 3.05) is 0 Å². The lowest BCUT2D eigenvalue weighted by atomic mass is 10.1. The molecule has 1 saturated carbocycles. The van der Waals surface area contributed by atoms with Gasteiger partial charge in [0.2, 0.25) is 0 Å². The fraction of sp³-hybridized carbons (Fsp3) is 0.455. The van der Waals surface area contributed by atoms with E-state index in [9.17, 15) is 0 Å². The molecule has 2 rings (SSSR count). The normalized spacial score (nSPS) is 18.5.